The average Bonchev–Trinajstić information content (AvgIpc) is 3.00. The normalized spacial score (nSPS) is 18.9. The quantitative estimate of drug-likeness (QED) is 0.507. The first kappa shape index (κ1) is 24.9. The van der Waals surface area contributed by atoms with Crippen molar-refractivity contribution in [1.82, 2.24) is 9.80 Å². The van der Waals surface area contributed by atoms with Gasteiger partial charge in [-0.15, -0.1) is 0 Å². The molecule has 0 aromatic heterocycles. The van der Waals surface area contributed by atoms with E-state index in [9.17, 15) is 4.79 Å². The minimum Gasteiger partial charge on any atom is -0.496 e. The zero-order valence-electron chi connectivity index (χ0n) is 20.4. The number of piperidine rings is 1. The molecular weight excluding hydrogens is 496 g/mol. The zero-order valence-corrected chi connectivity index (χ0v) is 22.0. The van der Waals surface area contributed by atoms with Crippen molar-refractivity contribution in [2.45, 2.75) is 32.1 Å². The fourth-order valence-electron chi connectivity index (χ4n) is 5.18. The molecule has 6 nitrogen and oxygen atoms in total. The van der Waals surface area contributed by atoms with Crippen molar-refractivity contribution in [2.24, 2.45) is 5.92 Å². The molecule has 0 aliphatic carbocycles. The molecule has 2 aromatic rings. The SMILES string of the molecule is COc1cc2c(cc1Br)CCN(CC1CCCN(CCc3ccc(OC)c(OC)c3)C1)C(=O)C2. The number of benzene rings is 2. The summed E-state index contributed by atoms with van der Waals surface area (Å²) in [6.45, 7) is 4.81. The number of halogens is 1. The van der Waals surface area contributed by atoms with Gasteiger partial charge in [-0.1, -0.05) is 6.07 Å². The lowest BCUT2D eigenvalue weighted by molar-refractivity contribution is -0.131. The Bertz CT molecular complexity index is 1010. The fraction of sp³-hybridized carbons (Fsp3) is 0.519. The first-order valence-corrected chi connectivity index (χ1v) is 12.9. The third kappa shape index (κ3) is 5.87. The highest BCUT2D eigenvalue weighted by Crippen LogP contribution is 2.31. The summed E-state index contributed by atoms with van der Waals surface area (Å²) >= 11 is 3.58. The second kappa shape index (κ2) is 11.5. The van der Waals surface area contributed by atoms with E-state index < -0.39 is 0 Å². The van der Waals surface area contributed by atoms with Crippen LogP contribution in [-0.2, 0) is 24.1 Å². The molecule has 0 saturated carbocycles. The Morgan fingerprint density at radius 3 is 2.53 bits per heavy atom. The molecule has 4 rings (SSSR count). The van der Waals surface area contributed by atoms with E-state index in [1.807, 2.05) is 12.1 Å². The highest BCUT2D eigenvalue weighted by molar-refractivity contribution is 9.10. The maximum absolute atomic E-state index is 13.1. The summed E-state index contributed by atoms with van der Waals surface area (Å²) in [4.78, 5) is 17.7. The van der Waals surface area contributed by atoms with E-state index in [1.54, 1.807) is 21.3 Å². The predicted molar refractivity (Wildman–Crippen MR) is 137 cm³/mol. The van der Waals surface area contributed by atoms with Gasteiger partial charge in [0.2, 0.25) is 5.91 Å². The van der Waals surface area contributed by atoms with Crippen LogP contribution < -0.4 is 14.2 Å². The molecule has 2 aromatic carbocycles. The molecule has 0 radical (unpaired) electrons. The largest absolute Gasteiger partial charge is 0.496 e. The van der Waals surface area contributed by atoms with E-state index in [0.29, 0.717) is 12.3 Å². The first-order valence-electron chi connectivity index (χ1n) is 12.1. The van der Waals surface area contributed by atoms with Gasteiger partial charge in [-0.2, -0.15) is 0 Å². The first-order chi connectivity index (χ1) is 16.5. The Kier molecular flexibility index (Phi) is 8.37. The molecule has 2 aliphatic rings. The summed E-state index contributed by atoms with van der Waals surface area (Å²) in [5.41, 5.74) is 3.58. The number of methoxy groups -OCH3 is 3. The average molecular weight is 531 g/mol. The van der Waals surface area contributed by atoms with Crippen LogP contribution in [0.2, 0.25) is 0 Å². The summed E-state index contributed by atoms with van der Waals surface area (Å²) in [6, 6.07) is 10.3. The smallest absolute Gasteiger partial charge is 0.227 e. The second-order valence-corrected chi connectivity index (χ2v) is 10.1. The van der Waals surface area contributed by atoms with Crippen molar-refractivity contribution in [3.8, 4) is 17.2 Å². The van der Waals surface area contributed by atoms with Gasteiger partial charge in [-0.3, -0.25) is 4.79 Å². The molecule has 1 saturated heterocycles. The summed E-state index contributed by atoms with van der Waals surface area (Å²) < 4.78 is 17.2. The van der Waals surface area contributed by atoms with Crippen LogP contribution >= 0.6 is 15.9 Å². The van der Waals surface area contributed by atoms with Crippen LogP contribution in [0.5, 0.6) is 17.2 Å². The van der Waals surface area contributed by atoms with Gasteiger partial charge < -0.3 is 24.0 Å². The van der Waals surface area contributed by atoms with E-state index in [0.717, 1.165) is 72.9 Å². The van der Waals surface area contributed by atoms with E-state index >= 15 is 0 Å². The Morgan fingerprint density at radius 1 is 0.971 bits per heavy atom. The van der Waals surface area contributed by atoms with Crippen molar-refractivity contribution in [3.63, 3.8) is 0 Å². The van der Waals surface area contributed by atoms with Crippen LogP contribution in [0.15, 0.2) is 34.8 Å². The minimum absolute atomic E-state index is 0.227. The Morgan fingerprint density at radius 2 is 1.76 bits per heavy atom. The third-order valence-electron chi connectivity index (χ3n) is 7.07. The molecule has 1 unspecified atom stereocenters. The molecule has 7 heteroatoms. The lowest BCUT2D eigenvalue weighted by Gasteiger charge is -2.35. The molecule has 2 heterocycles. The Balaban J connectivity index is 1.32. The van der Waals surface area contributed by atoms with E-state index in [2.05, 4.69) is 43.9 Å². The molecule has 0 N–H and O–H groups in total. The van der Waals surface area contributed by atoms with Crippen molar-refractivity contribution >= 4 is 21.8 Å². The number of hydrogen-bond donors (Lipinski definition) is 0. The molecule has 2 aliphatic heterocycles. The number of rotatable bonds is 8. The van der Waals surface area contributed by atoms with Crippen molar-refractivity contribution in [3.05, 3.63) is 51.5 Å². The number of amides is 1. The molecule has 0 spiro atoms. The van der Waals surface area contributed by atoms with Gasteiger partial charge >= 0.3 is 0 Å². The van der Waals surface area contributed by atoms with E-state index in [-0.39, 0.29) is 5.91 Å². The number of likely N-dealkylation sites (tertiary alicyclic amines) is 1. The maximum Gasteiger partial charge on any atom is 0.227 e. The van der Waals surface area contributed by atoms with E-state index in [1.165, 1.54) is 24.0 Å². The van der Waals surface area contributed by atoms with Gasteiger partial charge in [0.15, 0.2) is 11.5 Å². The van der Waals surface area contributed by atoms with Crippen LogP contribution in [0.3, 0.4) is 0 Å². The van der Waals surface area contributed by atoms with Gasteiger partial charge in [0.05, 0.1) is 32.2 Å². The summed E-state index contributed by atoms with van der Waals surface area (Å²) in [6.07, 6.45) is 4.68. The Labute approximate surface area is 211 Å². The number of hydrogen-bond acceptors (Lipinski definition) is 5. The number of fused-ring (bicyclic) bond motifs is 1. The van der Waals surface area contributed by atoms with Gasteiger partial charge in [0.1, 0.15) is 5.75 Å². The highest BCUT2D eigenvalue weighted by Gasteiger charge is 2.27. The van der Waals surface area contributed by atoms with Gasteiger partial charge in [0.25, 0.3) is 0 Å². The number of carbonyl (C=O) groups excluding carboxylic acids is 1. The molecule has 1 fully saturated rings. The summed E-state index contributed by atoms with van der Waals surface area (Å²) in [7, 11) is 5.00. The van der Waals surface area contributed by atoms with Crippen molar-refractivity contribution in [2.75, 3.05) is 54.1 Å². The van der Waals surface area contributed by atoms with Gasteiger partial charge in [0, 0.05) is 26.2 Å². The molecular formula is C27H35BrN2O4. The zero-order chi connectivity index (χ0) is 24.1. The molecule has 34 heavy (non-hydrogen) atoms. The van der Waals surface area contributed by atoms with E-state index in [4.69, 9.17) is 14.2 Å². The van der Waals surface area contributed by atoms with Crippen LogP contribution in [0.25, 0.3) is 0 Å². The predicted octanol–water partition coefficient (Wildman–Crippen LogP) is 4.36. The minimum atomic E-state index is 0.227. The van der Waals surface area contributed by atoms with Crippen LogP contribution in [-0.4, -0.2) is 69.8 Å². The second-order valence-electron chi connectivity index (χ2n) is 9.27. The molecule has 1 amide bonds. The monoisotopic (exact) mass is 530 g/mol. The molecule has 1 atom stereocenters. The number of carbonyl (C=O) groups is 1. The van der Waals surface area contributed by atoms with Crippen molar-refractivity contribution < 1.29 is 19.0 Å². The third-order valence-corrected chi connectivity index (χ3v) is 7.69. The maximum atomic E-state index is 13.1. The molecule has 184 valence electrons. The standard InChI is InChI=1S/C27H35BrN2O4/c1-32-24-7-6-19(13-26(24)34-3)8-11-29-10-4-5-20(17-29)18-30-12-9-21-14-23(28)25(33-2)15-22(21)16-27(30)31/h6-7,13-15,20H,4-5,8-12,16-18H2,1-3H3. The Hall–Kier alpha value is -2.25. The molecule has 0 bridgehead atoms. The van der Waals surface area contributed by atoms with Crippen LogP contribution in [0.1, 0.15) is 29.5 Å². The van der Waals surface area contributed by atoms with Crippen molar-refractivity contribution in [1.29, 1.82) is 0 Å². The number of ether oxygens (including phenoxy) is 3. The number of nitrogens with zero attached hydrogens (tertiary/aromatic N) is 2. The lowest BCUT2D eigenvalue weighted by Crippen LogP contribution is -2.44. The lowest BCUT2D eigenvalue weighted by atomic mass is 9.96. The topological polar surface area (TPSA) is 51.2 Å². The summed E-state index contributed by atoms with van der Waals surface area (Å²) in [5, 5.41) is 0. The van der Waals surface area contributed by atoms with Gasteiger partial charge in [-0.25, -0.2) is 0 Å². The fourth-order valence-corrected chi connectivity index (χ4v) is 5.73. The van der Waals surface area contributed by atoms with Crippen LogP contribution in [0.4, 0.5) is 0 Å². The highest BCUT2D eigenvalue weighted by atomic mass is 79.9. The summed E-state index contributed by atoms with van der Waals surface area (Å²) in [5.74, 6) is 3.08. The van der Waals surface area contributed by atoms with Crippen LogP contribution in [0, 0.1) is 5.92 Å². The van der Waals surface area contributed by atoms with Gasteiger partial charge in [-0.05, 0) is 95.0 Å².